The average Bonchev–Trinajstić information content (AvgIpc) is 2.79. The number of amides is 1. The van der Waals surface area contributed by atoms with Gasteiger partial charge in [0.25, 0.3) is 15.9 Å². The number of sulfonamides is 1. The molecule has 0 saturated carbocycles. The van der Waals surface area contributed by atoms with Gasteiger partial charge in [0.15, 0.2) is 0 Å². The van der Waals surface area contributed by atoms with Crippen molar-refractivity contribution in [2.45, 2.75) is 11.8 Å². The fourth-order valence-electron chi connectivity index (χ4n) is 2.87. The Labute approximate surface area is 192 Å². The molecule has 0 fully saturated rings. The zero-order chi connectivity index (χ0) is 23.1. The van der Waals surface area contributed by atoms with Crippen LogP contribution in [0.15, 0.2) is 82.8 Å². The van der Waals surface area contributed by atoms with Crippen LogP contribution >= 0.6 is 11.6 Å². The first kappa shape index (κ1) is 23.3. The second-order valence-electron chi connectivity index (χ2n) is 6.84. The lowest BCUT2D eigenvalue weighted by Gasteiger charge is -2.25. The van der Waals surface area contributed by atoms with E-state index in [1.54, 1.807) is 30.3 Å². The number of hydrazone groups is 1. The highest BCUT2D eigenvalue weighted by Gasteiger charge is 2.29. The molecule has 0 aliphatic heterocycles. The molecule has 0 heterocycles. The lowest BCUT2D eigenvalue weighted by Crippen LogP contribution is -2.39. The summed E-state index contributed by atoms with van der Waals surface area (Å²) in [7, 11) is -2.69. The van der Waals surface area contributed by atoms with Gasteiger partial charge in [-0.1, -0.05) is 59.6 Å². The number of rotatable bonds is 8. The van der Waals surface area contributed by atoms with Gasteiger partial charge in [-0.25, -0.2) is 13.8 Å². The van der Waals surface area contributed by atoms with Crippen LogP contribution in [0.3, 0.4) is 0 Å². The van der Waals surface area contributed by atoms with Crippen molar-refractivity contribution in [3.63, 3.8) is 0 Å². The predicted molar refractivity (Wildman–Crippen MR) is 126 cm³/mol. The molecule has 3 rings (SSSR count). The maximum Gasteiger partial charge on any atom is 0.264 e. The summed E-state index contributed by atoms with van der Waals surface area (Å²) in [4.78, 5) is 12.7. The van der Waals surface area contributed by atoms with Crippen LogP contribution in [0.4, 0.5) is 5.69 Å². The first-order valence-electron chi connectivity index (χ1n) is 9.61. The zero-order valence-corrected chi connectivity index (χ0v) is 19.1. The number of carbonyl (C=O) groups is 1. The van der Waals surface area contributed by atoms with Gasteiger partial charge in [0.05, 0.1) is 23.9 Å². The number of benzene rings is 3. The molecule has 3 aromatic rings. The van der Waals surface area contributed by atoms with Gasteiger partial charge < -0.3 is 4.74 Å². The summed E-state index contributed by atoms with van der Waals surface area (Å²) in [5.41, 5.74) is 4.41. The van der Waals surface area contributed by atoms with Crippen molar-refractivity contribution >= 4 is 39.4 Å². The molecule has 0 radical (unpaired) electrons. The van der Waals surface area contributed by atoms with E-state index in [0.29, 0.717) is 5.02 Å². The molecule has 7 nitrogen and oxygen atoms in total. The lowest BCUT2D eigenvalue weighted by molar-refractivity contribution is -0.119. The molecule has 1 N–H and O–H groups in total. The summed E-state index contributed by atoms with van der Waals surface area (Å²) in [6.45, 7) is 1.44. The second kappa shape index (κ2) is 10.3. The van der Waals surface area contributed by atoms with E-state index >= 15 is 0 Å². The summed E-state index contributed by atoms with van der Waals surface area (Å²) in [6.07, 6.45) is 1.48. The van der Waals surface area contributed by atoms with Crippen LogP contribution in [0.2, 0.25) is 5.02 Å². The fourth-order valence-corrected chi connectivity index (χ4v) is 4.49. The van der Waals surface area contributed by atoms with Gasteiger partial charge in [-0.2, -0.15) is 5.10 Å². The van der Waals surface area contributed by atoms with Crippen molar-refractivity contribution in [1.29, 1.82) is 0 Å². The summed E-state index contributed by atoms with van der Waals surface area (Å²) in [5, 5.41) is 4.23. The standard InChI is InChI=1S/C23H22ClN3O4S/c1-17-8-10-18(11-9-17)15-25-26-23(28)16-27(21-14-19(24)12-13-22(21)31-2)32(29,30)20-6-4-3-5-7-20/h3-15H,16H2,1-2H3,(H,26,28)/b25-15-. The molecular weight excluding hydrogens is 450 g/mol. The monoisotopic (exact) mass is 471 g/mol. The number of anilines is 1. The number of aryl methyl sites for hydroxylation is 1. The Balaban J connectivity index is 1.90. The first-order chi connectivity index (χ1) is 15.3. The van der Waals surface area contributed by atoms with Crippen LogP contribution < -0.4 is 14.5 Å². The third-order valence-corrected chi connectivity index (χ3v) is 6.52. The van der Waals surface area contributed by atoms with Crippen LogP contribution in [0.1, 0.15) is 11.1 Å². The van der Waals surface area contributed by atoms with Gasteiger partial charge in [0.1, 0.15) is 12.3 Å². The van der Waals surface area contributed by atoms with Gasteiger partial charge in [0.2, 0.25) is 0 Å². The summed E-state index contributed by atoms with van der Waals surface area (Å²) in [6, 6.07) is 19.9. The molecule has 9 heteroatoms. The quantitative estimate of drug-likeness (QED) is 0.397. The second-order valence-corrected chi connectivity index (χ2v) is 9.14. The van der Waals surface area contributed by atoms with Gasteiger partial charge in [-0.05, 0) is 42.8 Å². The van der Waals surface area contributed by atoms with Crippen molar-refractivity contribution in [3.8, 4) is 5.75 Å². The molecule has 0 unspecified atom stereocenters. The highest BCUT2D eigenvalue weighted by molar-refractivity contribution is 7.92. The third-order valence-electron chi connectivity index (χ3n) is 4.51. The van der Waals surface area contributed by atoms with Crippen molar-refractivity contribution in [2.24, 2.45) is 5.10 Å². The number of nitrogens with one attached hydrogen (secondary N) is 1. The first-order valence-corrected chi connectivity index (χ1v) is 11.4. The van der Waals surface area contributed by atoms with Crippen LogP contribution in [0, 0.1) is 6.92 Å². The van der Waals surface area contributed by atoms with E-state index in [1.165, 1.54) is 31.5 Å². The molecule has 0 aliphatic rings. The van der Waals surface area contributed by atoms with Gasteiger partial charge in [0, 0.05) is 5.02 Å². The number of nitrogens with zero attached hydrogens (tertiary/aromatic N) is 2. The number of hydrogen-bond acceptors (Lipinski definition) is 5. The molecule has 1 amide bonds. The van der Waals surface area contributed by atoms with Crippen LogP contribution in [-0.4, -0.2) is 34.2 Å². The van der Waals surface area contributed by atoms with Crippen molar-refractivity contribution < 1.29 is 17.9 Å². The maximum atomic E-state index is 13.4. The minimum Gasteiger partial charge on any atom is -0.495 e. The van der Waals surface area contributed by atoms with E-state index in [9.17, 15) is 13.2 Å². The molecular formula is C23H22ClN3O4S. The third kappa shape index (κ3) is 5.66. The van der Waals surface area contributed by atoms with E-state index in [0.717, 1.165) is 15.4 Å². The number of carbonyl (C=O) groups excluding carboxylic acids is 1. The van der Waals surface area contributed by atoms with E-state index in [2.05, 4.69) is 10.5 Å². The van der Waals surface area contributed by atoms with E-state index in [1.807, 2.05) is 31.2 Å². The molecule has 0 saturated heterocycles. The predicted octanol–water partition coefficient (Wildman–Crippen LogP) is 4.00. The average molecular weight is 472 g/mol. The SMILES string of the molecule is COc1ccc(Cl)cc1N(CC(=O)N/N=C\c1ccc(C)cc1)S(=O)(=O)c1ccccc1. The molecule has 0 bridgehead atoms. The Morgan fingerprint density at radius 1 is 1.09 bits per heavy atom. The summed E-state index contributed by atoms with van der Waals surface area (Å²) < 4.78 is 33.0. The van der Waals surface area contributed by atoms with Gasteiger partial charge >= 0.3 is 0 Å². The van der Waals surface area contributed by atoms with E-state index in [-0.39, 0.29) is 16.3 Å². The number of hydrogen-bond donors (Lipinski definition) is 1. The zero-order valence-electron chi connectivity index (χ0n) is 17.5. The Morgan fingerprint density at radius 3 is 2.44 bits per heavy atom. The largest absolute Gasteiger partial charge is 0.495 e. The number of ether oxygens (including phenoxy) is 1. The molecule has 0 spiro atoms. The summed E-state index contributed by atoms with van der Waals surface area (Å²) in [5.74, 6) is -0.375. The normalized spacial score (nSPS) is 11.3. The van der Waals surface area contributed by atoms with Gasteiger partial charge in [-0.3, -0.25) is 9.10 Å². The topological polar surface area (TPSA) is 88.1 Å². The smallest absolute Gasteiger partial charge is 0.264 e. The Kier molecular flexibility index (Phi) is 7.50. The molecule has 0 aromatic heterocycles. The molecule has 0 atom stereocenters. The van der Waals surface area contributed by atoms with Gasteiger partial charge in [-0.15, -0.1) is 0 Å². The fraction of sp³-hybridized carbons (Fsp3) is 0.130. The Hall–Kier alpha value is -3.36. The van der Waals surface area contributed by atoms with E-state index in [4.69, 9.17) is 16.3 Å². The number of halogens is 1. The number of methoxy groups -OCH3 is 1. The van der Waals surface area contributed by atoms with Crippen molar-refractivity contribution in [1.82, 2.24) is 5.43 Å². The minimum atomic E-state index is -4.10. The molecule has 32 heavy (non-hydrogen) atoms. The highest BCUT2D eigenvalue weighted by atomic mass is 35.5. The molecule has 166 valence electrons. The highest BCUT2D eigenvalue weighted by Crippen LogP contribution is 2.34. The molecule has 0 aliphatic carbocycles. The lowest BCUT2D eigenvalue weighted by atomic mass is 10.2. The van der Waals surface area contributed by atoms with Crippen LogP contribution in [0.5, 0.6) is 5.75 Å². The van der Waals surface area contributed by atoms with Crippen LogP contribution in [0.25, 0.3) is 0 Å². The Morgan fingerprint density at radius 2 is 1.78 bits per heavy atom. The summed E-state index contributed by atoms with van der Waals surface area (Å²) >= 11 is 6.11. The van der Waals surface area contributed by atoms with Crippen LogP contribution in [-0.2, 0) is 14.8 Å². The van der Waals surface area contributed by atoms with E-state index < -0.39 is 22.5 Å². The molecule has 3 aromatic carbocycles. The maximum absolute atomic E-state index is 13.4. The van der Waals surface area contributed by atoms with Crippen molar-refractivity contribution in [2.75, 3.05) is 18.0 Å². The Bertz CT molecular complexity index is 1210. The minimum absolute atomic E-state index is 0.0259. The van der Waals surface area contributed by atoms with Crippen molar-refractivity contribution in [3.05, 3.63) is 88.9 Å².